The molecule has 6 nitrogen and oxygen atoms in total. The van der Waals surface area contributed by atoms with Gasteiger partial charge in [-0.15, -0.1) is 0 Å². The lowest BCUT2D eigenvalue weighted by atomic mass is 10.1. The SMILES string of the molecule is CCCCCCCC[N+]1(C)C=CN(CC)C1.O=S(=O)([O-])O. The van der Waals surface area contributed by atoms with Gasteiger partial charge in [0.1, 0.15) is 6.20 Å². The van der Waals surface area contributed by atoms with E-state index < -0.39 is 10.4 Å². The van der Waals surface area contributed by atoms with Crippen molar-refractivity contribution >= 4 is 10.4 Å². The van der Waals surface area contributed by atoms with Gasteiger partial charge in [-0.05, 0) is 19.8 Å². The predicted octanol–water partition coefficient (Wildman–Crippen LogP) is 2.56. The van der Waals surface area contributed by atoms with Crippen LogP contribution in [-0.4, -0.2) is 53.7 Å². The fraction of sp³-hybridized carbons (Fsp3) is 0.857. The molecule has 0 bridgehead atoms. The highest BCUT2D eigenvalue weighted by Crippen LogP contribution is 2.17. The molecule has 21 heavy (non-hydrogen) atoms. The minimum absolute atomic E-state index is 1.11. The van der Waals surface area contributed by atoms with Gasteiger partial charge in [0.15, 0.2) is 6.67 Å². The van der Waals surface area contributed by atoms with Crippen LogP contribution in [-0.2, 0) is 10.4 Å². The molecular weight excluding hydrogens is 292 g/mol. The zero-order valence-electron chi connectivity index (χ0n) is 13.5. The third-order valence-electron chi connectivity index (χ3n) is 3.57. The van der Waals surface area contributed by atoms with Crippen LogP contribution >= 0.6 is 0 Å². The monoisotopic (exact) mass is 322 g/mol. The molecule has 0 saturated carbocycles. The van der Waals surface area contributed by atoms with Crippen molar-refractivity contribution in [2.24, 2.45) is 0 Å². The molecule has 0 spiro atoms. The van der Waals surface area contributed by atoms with Gasteiger partial charge in [0.05, 0.1) is 19.8 Å². The second-order valence-corrected chi connectivity index (χ2v) is 6.60. The van der Waals surface area contributed by atoms with Gasteiger partial charge < -0.3 is 9.45 Å². The largest absolute Gasteiger partial charge is 0.726 e. The molecule has 0 aromatic carbocycles. The van der Waals surface area contributed by atoms with Crippen LogP contribution in [0.5, 0.6) is 0 Å². The Morgan fingerprint density at radius 1 is 1.19 bits per heavy atom. The van der Waals surface area contributed by atoms with Crippen molar-refractivity contribution in [3.05, 3.63) is 12.4 Å². The molecule has 126 valence electrons. The Labute approximate surface area is 129 Å². The minimum Gasteiger partial charge on any atom is -0.726 e. The van der Waals surface area contributed by atoms with Gasteiger partial charge in [0.2, 0.25) is 10.4 Å². The van der Waals surface area contributed by atoms with E-state index in [1.54, 1.807) is 0 Å². The number of nitrogens with zero attached hydrogens (tertiary/aromatic N) is 2. The van der Waals surface area contributed by atoms with E-state index >= 15 is 0 Å². The van der Waals surface area contributed by atoms with Crippen molar-refractivity contribution in [2.75, 3.05) is 26.8 Å². The maximum absolute atomic E-state index is 8.63. The van der Waals surface area contributed by atoms with Crippen molar-refractivity contribution in [3.63, 3.8) is 0 Å². The van der Waals surface area contributed by atoms with Crippen LogP contribution in [0.3, 0.4) is 0 Å². The molecule has 0 amide bonds. The zero-order valence-corrected chi connectivity index (χ0v) is 14.3. The van der Waals surface area contributed by atoms with E-state index in [-0.39, 0.29) is 0 Å². The first kappa shape index (κ1) is 20.4. The van der Waals surface area contributed by atoms with Crippen LogP contribution in [0.2, 0.25) is 0 Å². The standard InChI is InChI=1S/C14H29N2.H2O4S/c1-4-6-7-8-9-10-12-16(3)13-11-15(5-2)14-16;1-5(2,3)4/h11,13H,4-10,12,14H2,1-3H3;(H2,1,2,3,4)/q+1;/p-1. The van der Waals surface area contributed by atoms with Gasteiger partial charge in [-0.1, -0.05) is 32.6 Å². The van der Waals surface area contributed by atoms with Crippen LogP contribution in [0.1, 0.15) is 52.4 Å². The van der Waals surface area contributed by atoms with Crippen molar-refractivity contribution in [2.45, 2.75) is 52.4 Å². The van der Waals surface area contributed by atoms with E-state index in [4.69, 9.17) is 17.5 Å². The third kappa shape index (κ3) is 12.8. The van der Waals surface area contributed by atoms with Gasteiger partial charge >= 0.3 is 0 Å². The van der Waals surface area contributed by atoms with E-state index in [2.05, 4.69) is 38.2 Å². The van der Waals surface area contributed by atoms with Gasteiger partial charge in [-0.2, -0.15) is 0 Å². The summed E-state index contributed by atoms with van der Waals surface area (Å²) < 4.78 is 33.9. The number of rotatable bonds is 8. The second kappa shape index (κ2) is 10.2. The quantitative estimate of drug-likeness (QED) is 0.321. The Kier molecular flexibility index (Phi) is 9.85. The highest BCUT2D eigenvalue weighted by molar-refractivity contribution is 7.79. The summed E-state index contributed by atoms with van der Waals surface area (Å²) in [4.78, 5) is 2.40. The minimum atomic E-state index is -4.92. The summed E-state index contributed by atoms with van der Waals surface area (Å²) in [5, 5.41) is 0. The van der Waals surface area contributed by atoms with Crippen molar-refractivity contribution in [1.29, 1.82) is 0 Å². The molecule has 0 fully saturated rings. The third-order valence-corrected chi connectivity index (χ3v) is 3.57. The molecule has 0 radical (unpaired) electrons. The van der Waals surface area contributed by atoms with Crippen molar-refractivity contribution in [3.8, 4) is 0 Å². The molecule has 1 atom stereocenters. The Bertz CT molecular complexity index is 390. The lowest BCUT2D eigenvalue weighted by Gasteiger charge is -2.28. The fourth-order valence-corrected chi connectivity index (χ4v) is 2.37. The highest BCUT2D eigenvalue weighted by atomic mass is 32.3. The molecule has 1 unspecified atom stereocenters. The molecule has 0 aliphatic carbocycles. The molecule has 1 aliphatic rings. The molecule has 1 N–H and O–H groups in total. The lowest BCUT2D eigenvalue weighted by molar-refractivity contribution is -0.861. The smallest absolute Gasteiger partial charge is 0.215 e. The van der Waals surface area contributed by atoms with Gasteiger partial charge in [-0.3, -0.25) is 9.04 Å². The first-order valence-electron chi connectivity index (χ1n) is 7.66. The van der Waals surface area contributed by atoms with E-state index in [9.17, 15) is 0 Å². The predicted molar refractivity (Wildman–Crippen MR) is 83.1 cm³/mol. The molecule has 0 aromatic rings. The Morgan fingerprint density at radius 2 is 1.71 bits per heavy atom. The zero-order chi connectivity index (χ0) is 16.4. The Balaban J connectivity index is 0.000000690. The first-order chi connectivity index (χ1) is 9.70. The second-order valence-electron chi connectivity index (χ2n) is 5.74. The molecule has 1 aliphatic heterocycles. The number of hydrogen-bond donors (Lipinski definition) is 1. The Morgan fingerprint density at radius 3 is 2.19 bits per heavy atom. The van der Waals surface area contributed by atoms with Crippen LogP contribution in [0.4, 0.5) is 0 Å². The van der Waals surface area contributed by atoms with E-state index in [0.29, 0.717) is 0 Å². The highest BCUT2D eigenvalue weighted by Gasteiger charge is 2.25. The molecule has 0 saturated heterocycles. The summed E-state index contributed by atoms with van der Waals surface area (Å²) in [7, 11) is -2.57. The van der Waals surface area contributed by atoms with Crippen molar-refractivity contribution in [1.82, 2.24) is 4.90 Å². The molecule has 7 heteroatoms. The first-order valence-corrected chi connectivity index (χ1v) is 9.02. The molecule has 1 rings (SSSR count). The van der Waals surface area contributed by atoms with Gasteiger partial charge in [-0.25, -0.2) is 8.42 Å². The normalized spacial score (nSPS) is 21.3. The number of unbranched alkanes of at least 4 members (excludes halogenated alkanes) is 5. The van der Waals surface area contributed by atoms with E-state index in [0.717, 1.165) is 11.0 Å². The van der Waals surface area contributed by atoms with Crippen LogP contribution < -0.4 is 0 Å². The van der Waals surface area contributed by atoms with Crippen LogP contribution in [0.25, 0.3) is 0 Å². The topological polar surface area (TPSA) is 80.7 Å². The van der Waals surface area contributed by atoms with Crippen LogP contribution in [0.15, 0.2) is 12.4 Å². The summed E-state index contributed by atoms with van der Waals surface area (Å²) in [6.07, 6.45) is 13.0. The molecule has 0 aromatic heterocycles. The van der Waals surface area contributed by atoms with E-state index in [1.807, 2.05) is 0 Å². The Hall–Kier alpha value is -0.630. The molecular formula is C14H30N2O4S. The summed E-state index contributed by atoms with van der Waals surface area (Å²) in [6.45, 7) is 8.12. The average molecular weight is 322 g/mol. The maximum atomic E-state index is 8.63. The fourth-order valence-electron chi connectivity index (χ4n) is 2.37. The number of quaternary nitrogens is 1. The number of hydrogen-bond acceptors (Lipinski definition) is 4. The summed E-state index contributed by atoms with van der Waals surface area (Å²) in [5.41, 5.74) is 0. The molecule has 1 heterocycles. The maximum Gasteiger partial charge on any atom is 0.215 e. The lowest BCUT2D eigenvalue weighted by Crippen LogP contribution is -2.41. The summed E-state index contributed by atoms with van der Waals surface area (Å²) in [5.74, 6) is 0. The van der Waals surface area contributed by atoms with Gasteiger partial charge in [0.25, 0.3) is 0 Å². The summed E-state index contributed by atoms with van der Waals surface area (Å²) in [6, 6.07) is 0. The average Bonchev–Trinajstić information content (AvgIpc) is 2.74. The van der Waals surface area contributed by atoms with Crippen molar-refractivity contribution < 1.29 is 22.0 Å². The van der Waals surface area contributed by atoms with Crippen LogP contribution in [0, 0.1) is 0 Å². The van der Waals surface area contributed by atoms with E-state index in [1.165, 1.54) is 51.7 Å². The summed E-state index contributed by atoms with van der Waals surface area (Å²) >= 11 is 0. The van der Waals surface area contributed by atoms with Gasteiger partial charge in [0, 0.05) is 6.54 Å².